The fourth-order valence-electron chi connectivity index (χ4n) is 1.03. The smallest absolute Gasteiger partial charge is 0.257 e. The molecular weight excluding hydrogens is 234 g/mol. The van der Waals surface area contributed by atoms with Crippen molar-refractivity contribution < 1.29 is 4.79 Å². The van der Waals surface area contributed by atoms with Gasteiger partial charge in [-0.1, -0.05) is 29.0 Å². The summed E-state index contributed by atoms with van der Waals surface area (Å²) in [5, 5.41) is 10.9. The molecule has 0 aliphatic heterocycles. The highest BCUT2D eigenvalue weighted by molar-refractivity contribution is 7.13. The van der Waals surface area contributed by atoms with Crippen molar-refractivity contribution in [2.75, 3.05) is 5.32 Å². The van der Waals surface area contributed by atoms with Gasteiger partial charge in [0.1, 0.15) is 5.51 Å². The standard InChI is InChI=1S/C9H6ClN3OS/c10-7-3-1-2-6(4-7)8(14)12-9-13-11-5-15-9/h1-5H,(H,12,13,14). The molecule has 0 unspecified atom stereocenters. The van der Waals surface area contributed by atoms with E-state index in [-0.39, 0.29) is 5.91 Å². The minimum atomic E-state index is -0.241. The first-order valence-electron chi connectivity index (χ1n) is 4.09. The van der Waals surface area contributed by atoms with Gasteiger partial charge in [-0.2, -0.15) is 0 Å². The summed E-state index contributed by atoms with van der Waals surface area (Å²) in [7, 11) is 0. The van der Waals surface area contributed by atoms with Gasteiger partial charge >= 0.3 is 0 Å². The Morgan fingerprint density at radius 2 is 2.33 bits per heavy atom. The number of hydrogen-bond donors (Lipinski definition) is 1. The van der Waals surface area contributed by atoms with Crippen LogP contribution in [0.4, 0.5) is 5.13 Å². The van der Waals surface area contributed by atoms with Crippen LogP contribution in [0, 0.1) is 0 Å². The Morgan fingerprint density at radius 3 is 3.00 bits per heavy atom. The van der Waals surface area contributed by atoms with Gasteiger partial charge in [-0.05, 0) is 18.2 Å². The highest BCUT2D eigenvalue weighted by atomic mass is 35.5. The molecule has 0 aliphatic carbocycles. The molecule has 2 aromatic rings. The molecule has 1 amide bonds. The number of amides is 1. The molecule has 4 nitrogen and oxygen atoms in total. The SMILES string of the molecule is O=C(Nc1nncs1)c1cccc(Cl)c1. The predicted octanol–water partition coefficient (Wildman–Crippen LogP) is 2.44. The van der Waals surface area contributed by atoms with Gasteiger partial charge in [0.2, 0.25) is 5.13 Å². The summed E-state index contributed by atoms with van der Waals surface area (Å²) in [5.74, 6) is -0.241. The molecule has 0 aliphatic rings. The molecule has 0 atom stereocenters. The molecule has 1 aromatic heterocycles. The third-order valence-electron chi connectivity index (χ3n) is 1.67. The zero-order valence-corrected chi connectivity index (χ0v) is 9.05. The maximum Gasteiger partial charge on any atom is 0.257 e. The van der Waals surface area contributed by atoms with Gasteiger partial charge in [-0.3, -0.25) is 10.1 Å². The number of halogens is 1. The van der Waals surface area contributed by atoms with E-state index in [1.54, 1.807) is 29.8 Å². The molecule has 0 saturated heterocycles. The quantitative estimate of drug-likeness (QED) is 0.876. The second-order valence-electron chi connectivity index (χ2n) is 2.71. The Bertz CT molecular complexity index is 472. The van der Waals surface area contributed by atoms with E-state index in [4.69, 9.17) is 11.6 Å². The number of anilines is 1. The molecule has 0 radical (unpaired) electrons. The molecule has 0 bridgehead atoms. The van der Waals surface area contributed by atoms with Gasteiger partial charge in [0.25, 0.3) is 5.91 Å². The minimum absolute atomic E-state index is 0.241. The molecule has 15 heavy (non-hydrogen) atoms. The fraction of sp³-hybridized carbons (Fsp3) is 0. The summed E-state index contributed by atoms with van der Waals surface area (Å²) >= 11 is 7.03. The van der Waals surface area contributed by atoms with E-state index in [1.165, 1.54) is 11.3 Å². The molecule has 0 spiro atoms. The lowest BCUT2D eigenvalue weighted by molar-refractivity contribution is 0.102. The number of nitrogens with zero attached hydrogens (tertiary/aromatic N) is 2. The van der Waals surface area contributed by atoms with Crippen LogP contribution >= 0.6 is 22.9 Å². The Hall–Kier alpha value is -1.46. The zero-order valence-electron chi connectivity index (χ0n) is 7.48. The van der Waals surface area contributed by atoms with Crippen molar-refractivity contribution >= 4 is 34.0 Å². The Labute approximate surface area is 94.9 Å². The largest absolute Gasteiger partial charge is 0.296 e. The van der Waals surface area contributed by atoms with Gasteiger partial charge in [-0.15, -0.1) is 10.2 Å². The van der Waals surface area contributed by atoms with Gasteiger partial charge in [0, 0.05) is 10.6 Å². The molecular formula is C9H6ClN3OS. The number of aromatic nitrogens is 2. The normalized spacial score (nSPS) is 9.93. The van der Waals surface area contributed by atoms with Gasteiger partial charge < -0.3 is 0 Å². The number of carbonyl (C=O) groups excluding carboxylic acids is 1. The Morgan fingerprint density at radius 1 is 1.47 bits per heavy atom. The van der Waals surface area contributed by atoms with Crippen LogP contribution in [-0.4, -0.2) is 16.1 Å². The fourth-order valence-corrected chi connectivity index (χ4v) is 1.66. The first-order valence-corrected chi connectivity index (χ1v) is 5.34. The molecule has 0 fully saturated rings. The van der Waals surface area contributed by atoms with E-state index in [1.807, 2.05) is 0 Å². The van der Waals surface area contributed by atoms with Crippen molar-refractivity contribution in [3.8, 4) is 0 Å². The monoisotopic (exact) mass is 239 g/mol. The highest BCUT2D eigenvalue weighted by Crippen LogP contribution is 2.13. The lowest BCUT2D eigenvalue weighted by Crippen LogP contribution is -2.11. The molecule has 1 N–H and O–H groups in total. The average molecular weight is 240 g/mol. The van der Waals surface area contributed by atoms with Crippen LogP contribution in [0.1, 0.15) is 10.4 Å². The number of carbonyl (C=O) groups is 1. The van der Waals surface area contributed by atoms with Crippen LogP contribution in [0.25, 0.3) is 0 Å². The lowest BCUT2D eigenvalue weighted by atomic mass is 10.2. The second kappa shape index (κ2) is 4.37. The predicted molar refractivity (Wildman–Crippen MR) is 59.3 cm³/mol. The van der Waals surface area contributed by atoms with E-state index in [0.29, 0.717) is 15.7 Å². The lowest BCUT2D eigenvalue weighted by Gasteiger charge is -2.00. The van der Waals surface area contributed by atoms with Crippen LogP contribution in [0.3, 0.4) is 0 Å². The van der Waals surface area contributed by atoms with E-state index in [2.05, 4.69) is 15.5 Å². The van der Waals surface area contributed by atoms with Crippen LogP contribution in [0.5, 0.6) is 0 Å². The maximum atomic E-state index is 11.6. The van der Waals surface area contributed by atoms with Crippen LogP contribution < -0.4 is 5.32 Å². The molecule has 1 heterocycles. The van der Waals surface area contributed by atoms with Crippen molar-refractivity contribution in [1.82, 2.24) is 10.2 Å². The summed E-state index contributed by atoms with van der Waals surface area (Å²) < 4.78 is 0. The van der Waals surface area contributed by atoms with Crippen molar-refractivity contribution in [2.45, 2.75) is 0 Å². The van der Waals surface area contributed by atoms with Crippen molar-refractivity contribution in [3.63, 3.8) is 0 Å². The van der Waals surface area contributed by atoms with Crippen LogP contribution in [0.15, 0.2) is 29.8 Å². The van der Waals surface area contributed by atoms with Crippen molar-refractivity contribution in [2.24, 2.45) is 0 Å². The Balaban J connectivity index is 2.15. The van der Waals surface area contributed by atoms with E-state index in [0.717, 1.165) is 0 Å². The number of nitrogens with one attached hydrogen (secondary N) is 1. The van der Waals surface area contributed by atoms with E-state index < -0.39 is 0 Å². The topological polar surface area (TPSA) is 54.9 Å². The third kappa shape index (κ3) is 2.51. The molecule has 2 rings (SSSR count). The van der Waals surface area contributed by atoms with Gasteiger partial charge in [0.15, 0.2) is 0 Å². The zero-order chi connectivity index (χ0) is 10.7. The number of benzene rings is 1. The molecule has 0 saturated carbocycles. The molecule has 76 valence electrons. The summed E-state index contributed by atoms with van der Waals surface area (Å²) in [6.07, 6.45) is 0. The first-order chi connectivity index (χ1) is 7.25. The number of rotatable bonds is 2. The highest BCUT2D eigenvalue weighted by Gasteiger charge is 2.07. The van der Waals surface area contributed by atoms with E-state index in [9.17, 15) is 4.79 Å². The summed E-state index contributed by atoms with van der Waals surface area (Å²) in [4.78, 5) is 11.6. The minimum Gasteiger partial charge on any atom is -0.296 e. The van der Waals surface area contributed by atoms with E-state index >= 15 is 0 Å². The number of hydrogen-bond acceptors (Lipinski definition) is 4. The van der Waals surface area contributed by atoms with Crippen molar-refractivity contribution in [1.29, 1.82) is 0 Å². The molecule has 1 aromatic carbocycles. The molecule has 6 heteroatoms. The van der Waals surface area contributed by atoms with Crippen LogP contribution in [0.2, 0.25) is 5.02 Å². The Kier molecular flexibility index (Phi) is 2.94. The third-order valence-corrected chi connectivity index (χ3v) is 2.51. The maximum absolute atomic E-state index is 11.6. The van der Waals surface area contributed by atoms with Gasteiger partial charge in [0.05, 0.1) is 0 Å². The second-order valence-corrected chi connectivity index (χ2v) is 3.98. The first kappa shape index (κ1) is 10.1. The summed E-state index contributed by atoms with van der Waals surface area (Å²) in [6.45, 7) is 0. The van der Waals surface area contributed by atoms with Crippen molar-refractivity contribution in [3.05, 3.63) is 40.4 Å². The average Bonchev–Trinajstić information content (AvgIpc) is 2.70. The van der Waals surface area contributed by atoms with Crippen LogP contribution in [-0.2, 0) is 0 Å². The summed E-state index contributed by atoms with van der Waals surface area (Å²) in [6, 6.07) is 6.71. The summed E-state index contributed by atoms with van der Waals surface area (Å²) in [5.41, 5.74) is 2.05. The van der Waals surface area contributed by atoms with Gasteiger partial charge in [-0.25, -0.2) is 0 Å².